The molecule has 1 rings (SSSR count). The highest BCUT2D eigenvalue weighted by Crippen LogP contribution is 2.39. The molecule has 0 aliphatic carbocycles. The predicted molar refractivity (Wildman–Crippen MR) is 68.6 cm³/mol. The van der Waals surface area contributed by atoms with Crippen LogP contribution in [-0.2, 0) is 6.18 Å². The standard InChI is InChI=1S/C9H8Cl2F3N5/c10-4-1-3(9(12,13)14)2-5(11)6(4)18-8(17)19-7(15)16/h1-2H,(H6,15,16,17,18,19). The molecule has 104 valence electrons. The first-order chi connectivity index (χ1) is 8.61. The third-order valence-corrected chi connectivity index (χ3v) is 2.39. The maximum atomic E-state index is 12.5. The highest BCUT2D eigenvalue weighted by Gasteiger charge is 2.32. The monoisotopic (exact) mass is 313 g/mol. The minimum atomic E-state index is -4.57. The second-order valence-corrected chi connectivity index (χ2v) is 4.11. The summed E-state index contributed by atoms with van der Waals surface area (Å²) in [6, 6.07) is 1.35. The fraction of sp³-hybridized carbons (Fsp3) is 0.111. The van der Waals surface area contributed by atoms with Crippen LogP contribution in [0.15, 0.2) is 22.1 Å². The molecule has 0 spiro atoms. The Morgan fingerprint density at radius 1 is 1.05 bits per heavy atom. The Bertz CT molecular complexity index is 526. The van der Waals surface area contributed by atoms with Crippen LogP contribution in [0.4, 0.5) is 18.9 Å². The lowest BCUT2D eigenvalue weighted by atomic mass is 10.2. The third kappa shape index (κ3) is 4.18. The molecule has 0 aliphatic heterocycles. The van der Waals surface area contributed by atoms with E-state index in [0.717, 1.165) is 0 Å². The van der Waals surface area contributed by atoms with E-state index in [1.165, 1.54) is 0 Å². The van der Waals surface area contributed by atoms with Gasteiger partial charge >= 0.3 is 6.18 Å². The Hall–Kier alpha value is -1.67. The summed E-state index contributed by atoms with van der Waals surface area (Å²) < 4.78 is 37.4. The van der Waals surface area contributed by atoms with Crippen molar-refractivity contribution >= 4 is 40.8 Å². The van der Waals surface area contributed by atoms with E-state index >= 15 is 0 Å². The molecule has 19 heavy (non-hydrogen) atoms. The summed E-state index contributed by atoms with van der Waals surface area (Å²) >= 11 is 11.3. The van der Waals surface area contributed by atoms with Gasteiger partial charge < -0.3 is 17.2 Å². The fourth-order valence-corrected chi connectivity index (χ4v) is 1.68. The van der Waals surface area contributed by atoms with Crippen molar-refractivity contribution in [1.29, 1.82) is 0 Å². The summed E-state index contributed by atoms with van der Waals surface area (Å²) in [5.74, 6) is -0.746. The molecule has 0 atom stereocenters. The number of hydrogen-bond donors (Lipinski definition) is 3. The molecule has 0 saturated heterocycles. The smallest absolute Gasteiger partial charge is 0.370 e. The van der Waals surface area contributed by atoms with Crippen molar-refractivity contribution in [2.45, 2.75) is 6.18 Å². The Morgan fingerprint density at radius 2 is 1.53 bits per heavy atom. The third-order valence-electron chi connectivity index (χ3n) is 1.81. The average Bonchev–Trinajstić information content (AvgIpc) is 2.20. The zero-order valence-electron chi connectivity index (χ0n) is 9.17. The highest BCUT2D eigenvalue weighted by molar-refractivity contribution is 6.39. The van der Waals surface area contributed by atoms with Crippen LogP contribution >= 0.6 is 23.2 Å². The van der Waals surface area contributed by atoms with Gasteiger partial charge in [-0.15, -0.1) is 0 Å². The van der Waals surface area contributed by atoms with E-state index in [4.69, 9.17) is 40.4 Å². The SMILES string of the molecule is NC(N)=NC(N)=Nc1c(Cl)cc(C(F)(F)F)cc1Cl. The van der Waals surface area contributed by atoms with Gasteiger partial charge in [-0.25, -0.2) is 4.99 Å². The van der Waals surface area contributed by atoms with Gasteiger partial charge in [-0.2, -0.15) is 18.2 Å². The molecule has 1 aromatic carbocycles. The fourth-order valence-electron chi connectivity index (χ4n) is 1.11. The molecule has 5 nitrogen and oxygen atoms in total. The lowest BCUT2D eigenvalue weighted by Gasteiger charge is -2.09. The molecule has 0 bridgehead atoms. The molecule has 10 heteroatoms. The van der Waals surface area contributed by atoms with Crippen molar-refractivity contribution < 1.29 is 13.2 Å². The zero-order valence-corrected chi connectivity index (χ0v) is 10.7. The molecule has 0 saturated carbocycles. The van der Waals surface area contributed by atoms with Gasteiger partial charge in [0.2, 0.25) is 5.96 Å². The van der Waals surface area contributed by atoms with Crippen molar-refractivity contribution in [3.8, 4) is 0 Å². The number of rotatable bonds is 1. The number of nitrogens with two attached hydrogens (primary N) is 3. The van der Waals surface area contributed by atoms with E-state index in [2.05, 4.69) is 9.98 Å². The van der Waals surface area contributed by atoms with Crippen LogP contribution < -0.4 is 17.2 Å². The first-order valence-electron chi connectivity index (χ1n) is 4.61. The van der Waals surface area contributed by atoms with Crippen LogP contribution in [-0.4, -0.2) is 11.9 Å². The van der Waals surface area contributed by atoms with E-state index in [-0.39, 0.29) is 27.7 Å². The quantitative estimate of drug-likeness (QED) is 0.547. The van der Waals surface area contributed by atoms with E-state index in [9.17, 15) is 13.2 Å². The Balaban J connectivity index is 3.30. The van der Waals surface area contributed by atoms with Gasteiger partial charge in [-0.3, -0.25) is 0 Å². The number of benzene rings is 1. The molecule has 0 amide bonds. The molecule has 0 radical (unpaired) electrons. The molecular weight excluding hydrogens is 306 g/mol. The number of aliphatic imine (C=N–C) groups is 2. The first-order valence-corrected chi connectivity index (χ1v) is 5.37. The van der Waals surface area contributed by atoms with Crippen LogP contribution in [0, 0.1) is 0 Å². The van der Waals surface area contributed by atoms with E-state index in [0.29, 0.717) is 12.1 Å². The first kappa shape index (κ1) is 15.4. The van der Waals surface area contributed by atoms with Gasteiger partial charge in [0.1, 0.15) is 5.69 Å². The summed E-state index contributed by atoms with van der Waals surface area (Å²) in [5, 5.41) is -0.651. The molecule has 6 N–H and O–H groups in total. The maximum absolute atomic E-state index is 12.5. The van der Waals surface area contributed by atoms with Crippen LogP contribution in [0.2, 0.25) is 10.0 Å². The second kappa shape index (κ2) is 5.54. The number of guanidine groups is 2. The average molecular weight is 314 g/mol. The topological polar surface area (TPSA) is 103 Å². The number of halogens is 5. The van der Waals surface area contributed by atoms with Gasteiger partial charge in [0.05, 0.1) is 15.6 Å². The summed E-state index contributed by atoms with van der Waals surface area (Å²) in [4.78, 5) is 7.02. The van der Waals surface area contributed by atoms with Crippen molar-refractivity contribution in [1.82, 2.24) is 0 Å². The molecule has 0 aliphatic rings. The molecule has 1 aromatic rings. The normalized spacial score (nSPS) is 12.4. The largest absolute Gasteiger partial charge is 0.416 e. The minimum absolute atomic E-state index is 0.154. The number of alkyl halides is 3. The summed E-state index contributed by atoms with van der Waals surface area (Å²) in [7, 11) is 0. The summed E-state index contributed by atoms with van der Waals surface area (Å²) in [5.41, 5.74) is 14.3. The summed E-state index contributed by atoms with van der Waals surface area (Å²) in [6.45, 7) is 0. The van der Waals surface area contributed by atoms with Gasteiger partial charge in [0.15, 0.2) is 5.96 Å². The highest BCUT2D eigenvalue weighted by atomic mass is 35.5. The minimum Gasteiger partial charge on any atom is -0.370 e. The Morgan fingerprint density at radius 3 is 1.89 bits per heavy atom. The zero-order chi connectivity index (χ0) is 14.8. The molecule has 0 fully saturated rings. The number of hydrogen-bond acceptors (Lipinski definition) is 1. The van der Waals surface area contributed by atoms with Crippen LogP contribution in [0.5, 0.6) is 0 Å². The van der Waals surface area contributed by atoms with E-state index in [1.807, 2.05) is 0 Å². The van der Waals surface area contributed by atoms with Crippen molar-refractivity contribution in [3.05, 3.63) is 27.7 Å². The molecule has 0 unspecified atom stereocenters. The van der Waals surface area contributed by atoms with E-state index < -0.39 is 11.7 Å². The summed E-state index contributed by atoms with van der Waals surface area (Å²) in [6.07, 6.45) is -4.57. The lowest BCUT2D eigenvalue weighted by molar-refractivity contribution is -0.137. The van der Waals surface area contributed by atoms with Crippen LogP contribution in [0.25, 0.3) is 0 Å². The lowest BCUT2D eigenvalue weighted by Crippen LogP contribution is -2.26. The maximum Gasteiger partial charge on any atom is 0.416 e. The molecule has 0 aromatic heterocycles. The van der Waals surface area contributed by atoms with Crippen molar-refractivity contribution in [2.24, 2.45) is 27.2 Å². The van der Waals surface area contributed by atoms with Crippen LogP contribution in [0.1, 0.15) is 5.56 Å². The van der Waals surface area contributed by atoms with Gasteiger partial charge in [-0.1, -0.05) is 23.2 Å². The van der Waals surface area contributed by atoms with Gasteiger partial charge in [0, 0.05) is 0 Å². The Kier molecular flexibility index (Phi) is 4.48. The van der Waals surface area contributed by atoms with Gasteiger partial charge in [-0.05, 0) is 12.1 Å². The number of nitrogens with zero attached hydrogens (tertiary/aromatic N) is 2. The second-order valence-electron chi connectivity index (χ2n) is 3.29. The van der Waals surface area contributed by atoms with Crippen molar-refractivity contribution in [3.63, 3.8) is 0 Å². The van der Waals surface area contributed by atoms with Crippen LogP contribution in [0.3, 0.4) is 0 Å². The Labute approximate surface area is 115 Å². The van der Waals surface area contributed by atoms with E-state index in [1.54, 1.807) is 0 Å². The van der Waals surface area contributed by atoms with Gasteiger partial charge in [0.25, 0.3) is 0 Å². The molecule has 0 heterocycles. The van der Waals surface area contributed by atoms with Crippen molar-refractivity contribution in [2.75, 3.05) is 0 Å². The predicted octanol–water partition coefficient (Wildman–Crippen LogP) is 2.23. The molecular formula is C9H8Cl2F3N5.